The lowest BCUT2D eigenvalue weighted by Crippen LogP contribution is -2.38. The lowest BCUT2D eigenvalue weighted by molar-refractivity contribution is -0.123. The number of hydrogen-bond acceptors (Lipinski definition) is 5. The molecule has 2 unspecified atom stereocenters. The molecule has 1 aliphatic rings. The van der Waals surface area contributed by atoms with Crippen molar-refractivity contribution in [2.75, 3.05) is 13.2 Å². The summed E-state index contributed by atoms with van der Waals surface area (Å²) in [5.41, 5.74) is 0.990. The molecule has 2 aromatic rings. The summed E-state index contributed by atoms with van der Waals surface area (Å²) in [5, 5.41) is 17.4. The van der Waals surface area contributed by atoms with E-state index in [0.717, 1.165) is 18.4 Å². The first-order chi connectivity index (χ1) is 11.3. The van der Waals surface area contributed by atoms with Gasteiger partial charge in [-0.15, -0.1) is 10.2 Å². The number of nitrogens with one attached hydrogen (secondary N) is 2. The van der Waals surface area contributed by atoms with Gasteiger partial charge < -0.3 is 10.1 Å². The fourth-order valence-corrected chi connectivity index (χ4v) is 2.92. The largest absolute Gasteiger partial charge is 0.381 e. The van der Waals surface area contributed by atoms with Crippen LogP contribution in [0.15, 0.2) is 30.3 Å². The number of aromatic amines is 1. The van der Waals surface area contributed by atoms with Crippen molar-refractivity contribution >= 4 is 5.91 Å². The van der Waals surface area contributed by atoms with Crippen molar-refractivity contribution in [3.8, 4) is 0 Å². The van der Waals surface area contributed by atoms with Gasteiger partial charge >= 0.3 is 0 Å². The molecule has 23 heavy (non-hydrogen) atoms. The Morgan fingerprint density at radius 1 is 1.30 bits per heavy atom. The molecule has 2 N–H and O–H groups in total. The Morgan fingerprint density at radius 2 is 2.04 bits per heavy atom. The predicted molar refractivity (Wildman–Crippen MR) is 83.5 cm³/mol. The highest BCUT2D eigenvalue weighted by atomic mass is 16.5. The van der Waals surface area contributed by atoms with Crippen LogP contribution in [-0.2, 0) is 9.53 Å². The summed E-state index contributed by atoms with van der Waals surface area (Å²) in [6.07, 6.45) is 1.75. The van der Waals surface area contributed by atoms with E-state index < -0.39 is 0 Å². The van der Waals surface area contributed by atoms with Crippen molar-refractivity contribution < 1.29 is 9.53 Å². The Labute approximate surface area is 134 Å². The third-order valence-electron chi connectivity index (χ3n) is 4.37. The monoisotopic (exact) mass is 315 g/mol. The molecule has 0 aliphatic carbocycles. The van der Waals surface area contributed by atoms with E-state index in [1.807, 2.05) is 37.3 Å². The summed E-state index contributed by atoms with van der Waals surface area (Å²) < 4.78 is 5.41. The Bertz CT molecular complexity index is 611. The Hall–Kier alpha value is -2.28. The first kappa shape index (κ1) is 15.6. The maximum atomic E-state index is 12.7. The number of rotatable bonds is 5. The molecule has 122 valence electrons. The van der Waals surface area contributed by atoms with Crippen molar-refractivity contribution in [3.05, 3.63) is 41.7 Å². The van der Waals surface area contributed by atoms with E-state index in [-0.39, 0.29) is 23.8 Å². The van der Waals surface area contributed by atoms with Crippen LogP contribution in [0.3, 0.4) is 0 Å². The minimum Gasteiger partial charge on any atom is -0.381 e. The highest BCUT2D eigenvalue weighted by Gasteiger charge is 2.31. The molecule has 0 bridgehead atoms. The standard InChI is InChI=1S/C16H21N5O2/c1-11(12-5-3-2-4-6-12)16(22)17-14(15-18-20-21-19-15)13-7-9-23-10-8-13/h2-6,11,13-14H,7-10H2,1H3,(H,17,22)(H,18,19,20,21). The van der Waals surface area contributed by atoms with Crippen molar-refractivity contribution in [2.45, 2.75) is 31.7 Å². The van der Waals surface area contributed by atoms with Gasteiger partial charge in [0, 0.05) is 13.2 Å². The number of ether oxygens (including phenoxy) is 1. The van der Waals surface area contributed by atoms with Crippen molar-refractivity contribution in [1.29, 1.82) is 0 Å². The average molecular weight is 315 g/mol. The molecule has 3 rings (SSSR count). The summed E-state index contributed by atoms with van der Waals surface area (Å²) in [7, 11) is 0. The number of amides is 1. The van der Waals surface area contributed by atoms with Crippen LogP contribution in [0.1, 0.15) is 43.1 Å². The van der Waals surface area contributed by atoms with Gasteiger partial charge in [0.25, 0.3) is 0 Å². The molecule has 1 aromatic heterocycles. The highest BCUT2D eigenvalue weighted by molar-refractivity contribution is 5.83. The second-order valence-corrected chi connectivity index (χ2v) is 5.84. The quantitative estimate of drug-likeness (QED) is 0.874. The van der Waals surface area contributed by atoms with Crippen LogP contribution in [0.4, 0.5) is 0 Å². The smallest absolute Gasteiger partial charge is 0.227 e. The van der Waals surface area contributed by atoms with Gasteiger partial charge in [-0.1, -0.05) is 35.5 Å². The summed E-state index contributed by atoms with van der Waals surface area (Å²) in [6.45, 7) is 3.30. The highest BCUT2D eigenvalue weighted by Crippen LogP contribution is 2.28. The van der Waals surface area contributed by atoms with Crippen LogP contribution in [0.25, 0.3) is 0 Å². The van der Waals surface area contributed by atoms with E-state index >= 15 is 0 Å². The molecular weight excluding hydrogens is 294 g/mol. The van der Waals surface area contributed by atoms with Gasteiger partial charge in [-0.2, -0.15) is 5.21 Å². The number of nitrogens with zero attached hydrogens (tertiary/aromatic N) is 3. The second-order valence-electron chi connectivity index (χ2n) is 5.84. The zero-order valence-electron chi connectivity index (χ0n) is 13.1. The zero-order chi connectivity index (χ0) is 16.1. The van der Waals surface area contributed by atoms with Crippen LogP contribution < -0.4 is 5.32 Å². The van der Waals surface area contributed by atoms with Gasteiger partial charge in [-0.3, -0.25) is 4.79 Å². The minimum atomic E-state index is -0.240. The molecule has 1 amide bonds. The number of carbonyl (C=O) groups excluding carboxylic acids is 1. The predicted octanol–water partition coefficient (Wildman–Crippen LogP) is 1.59. The lowest BCUT2D eigenvalue weighted by atomic mass is 9.90. The van der Waals surface area contributed by atoms with E-state index in [9.17, 15) is 4.79 Å². The van der Waals surface area contributed by atoms with Gasteiger partial charge in [-0.05, 0) is 31.2 Å². The molecule has 0 spiro atoms. The third-order valence-corrected chi connectivity index (χ3v) is 4.37. The van der Waals surface area contributed by atoms with Gasteiger partial charge in [0.1, 0.15) is 0 Å². The van der Waals surface area contributed by atoms with E-state index in [4.69, 9.17) is 4.74 Å². The molecule has 0 saturated carbocycles. The Kier molecular flexibility index (Phi) is 4.97. The molecule has 0 radical (unpaired) electrons. The fourth-order valence-electron chi connectivity index (χ4n) is 2.92. The number of carbonyl (C=O) groups is 1. The number of aromatic nitrogens is 4. The number of hydrogen-bond donors (Lipinski definition) is 2. The molecule has 7 nitrogen and oxygen atoms in total. The maximum absolute atomic E-state index is 12.7. The molecule has 7 heteroatoms. The SMILES string of the molecule is CC(C(=O)NC(c1nn[nH]n1)C1CCOCC1)c1ccccc1. The van der Waals surface area contributed by atoms with Crippen LogP contribution >= 0.6 is 0 Å². The van der Waals surface area contributed by atoms with E-state index in [0.29, 0.717) is 19.0 Å². The summed E-state index contributed by atoms with van der Waals surface area (Å²) in [5.74, 6) is 0.529. The summed E-state index contributed by atoms with van der Waals surface area (Å²) in [4.78, 5) is 12.7. The minimum absolute atomic E-state index is 0.0301. The number of benzene rings is 1. The number of tetrazole rings is 1. The molecule has 1 saturated heterocycles. The van der Waals surface area contributed by atoms with Crippen LogP contribution in [0.5, 0.6) is 0 Å². The number of H-pyrrole nitrogens is 1. The van der Waals surface area contributed by atoms with Gasteiger partial charge in [0.2, 0.25) is 5.91 Å². The van der Waals surface area contributed by atoms with Crippen molar-refractivity contribution in [2.24, 2.45) is 5.92 Å². The van der Waals surface area contributed by atoms with E-state index in [1.165, 1.54) is 0 Å². The van der Waals surface area contributed by atoms with Gasteiger partial charge in [-0.25, -0.2) is 0 Å². The topological polar surface area (TPSA) is 92.8 Å². The lowest BCUT2D eigenvalue weighted by Gasteiger charge is -2.29. The fraction of sp³-hybridized carbons (Fsp3) is 0.500. The second kappa shape index (κ2) is 7.32. The van der Waals surface area contributed by atoms with Crippen LogP contribution in [-0.4, -0.2) is 39.7 Å². The maximum Gasteiger partial charge on any atom is 0.227 e. The van der Waals surface area contributed by atoms with E-state index in [2.05, 4.69) is 25.9 Å². The Morgan fingerprint density at radius 3 is 2.70 bits per heavy atom. The van der Waals surface area contributed by atoms with E-state index in [1.54, 1.807) is 0 Å². The first-order valence-electron chi connectivity index (χ1n) is 7.92. The zero-order valence-corrected chi connectivity index (χ0v) is 13.1. The first-order valence-corrected chi connectivity index (χ1v) is 7.92. The molecular formula is C16H21N5O2. The molecule has 1 aromatic carbocycles. The van der Waals surface area contributed by atoms with Crippen molar-refractivity contribution in [3.63, 3.8) is 0 Å². The van der Waals surface area contributed by atoms with Gasteiger partial charge in [0.05, 0.1) is 12.0 Å². The molecule has 1 fully saturated rings. The molecule has 2 atom stereocenters. The molecule has 2 heterocycles. The summed E-state index contributed by atoms with van der Waals surface area (Å²) in [6, 6.07) is 9.50. The third kappa shape index (κ3) is 3.73. The summed E-state index contributed by atoms with van der Waals surface area (Å²) >= 11 is 0. The van der Waals surface area contributed by atoms with Gasteiger partial charge in [0.15, 0.2) is 5.82 Å². The van der Waals surface area contributed by atoms with Crippen LogP contribution in [0, 0.1) is 5.92 Å². The normalized spacial score (nSPS) is 18.3. The van der Waals surface area contributed by atoms with Crippen LogP contribution in [0.2, 0.25) is 0 Å². The Balaban J connectivity index is 1.74. The van der Waals surface area contributed by atoms with Crippen molar-refractivity contribution in [1.82, 2.24) is 25.9 Å². The average Bonchev–Trinajstić information content (AvgIpc) is 3.14. The molecule has 1 aliphatic heterocycles.